The number of hydrogen-bond donors (Lipinski definition) is 4. The molecule has 3 aliphatic rings. The van der Waals surface area contributed by atoms with Crippen LogP contribution in [0.2, 0.25) is 0 Å². The Morgan fingerprint density at radius 2 is 1.68 bits per heavy atom. The molecule has 0 aliphatic carbocycles. The first-order valence-corrected chi connectivity index (χ1v) is 9.21. The van der Waals surface area contributed by atoms with Gasteiger partial charge in [0.15, 0.2) is 23.9 Å². The molecule has 4 N–H and O–H groups in total. The average molecular weight is 396 g/mol. The number of rotatable bonds is 3. The van der Waals surface area contributed by atoms with Crippen molar-refractivity contribution in [1.82, 2.24) is 9.80 Å². The van der Waals surface area contributed by atoms with Crippen molar-refractivity contribution in [2.24, 2.45) is 0 Å². The van der Waals surface area contributed by atoms with Gasteiger partial charge in [-0.2, -0.15) is 0 Å². The van der Waals surface area contributed by atoms with Gasteiger partial charge in [0.05, 0.1) is 0 Å². The molecule has 2 saturated heterocycles. The highest BCUT2D eigenvalue weighted by molar-refractivity contribution is 5.82. The fourth-order valence-corrected chi connectivity index (χ4v) is 3.67. The van der Waals surface area contributed by atoms with Crippen molar-refractivity contribution in [1.29, 1.82) is 0 Å². The van der Waals surface area contributed by atoms with Crippen LogP contribution in [-0.4, -0.2) is 99.8 Å². The molecule has 0 bridgehead atoms. The summed E-state index contributed by atoms with van der Waals surface area (Å²) in [6, 6.07) is 5.80. The molecule has 0 aromatic heterocycles. The number of aliphatic hydroxyl groups is 4. The molecule has 5 atom stereocenters. The number of carbonyl (C=O) groups excluding carboxylic acids is 1. The first-order valence-electron chi connectivity index (χ1n) is 9.21. The SMILES string of the molecule is O=C([C@H]1OC(O)[C@H](O)[C@@H](O)[C@@H]1O)N1CCN(Cc2ccc3c(c2)OCO3)CC1. The molecular formula is C18H24N2O8. The lowest BCUT2D eigenvalue weighted by Gasteiger charge is -2.41. The van der Waals surface area contributed by atoms with Crippen LogP contribution in [0.4, 0.5) is 0 Å². The van der Waals surface area contributed by atoms with E-state index in [0.717, 1.165) is 17.1 Å². The Kier molecular flexibility index (Phi) is 5.41. The van der Waals surface area contributed by atoms with Gasteiger partial charge in [-0.1, -0.05) is 6.07 Å². The maximum atomic E-state index is 12.6. The topological polar surface area (TPSA) is 132 Å². The van der Waals surface area contributed by atoms with Crippen LogP contribution in [-0.2, 0) is 16.1 Å². The molecule has 1 aromatic rings. The van der Waals surface area contributed by atoms with E-state index in [-0.39, 0.29) is 6.79 Å². The number of aliphatic hydroxyl groups excluding tert-OH is 4. The van der Waals surface area contributed by atoms with Crippen LogP contribution in [0.1, 0.15) is 5.56 Å². The van der Waals surface area contributed by atoms with E-state index in [1.165, 1.54) is 4.90 Å². The maximum absolute atomic E-state index is 12.6. The first kappa shape index (κ1) is 19.4. The van der Waals surface area contributed by atoms with Gasteiger partial charge in [-0.25, -0.2) is 0 Å². The van der Waals surface area contributed by atoms with Crippen molar-refractivity contribution in [3.63, 3.8) is 0 Å². The number of nitrogens with zero attached hydrogens (tertiary/aromatic N) is 2. The predicted molar refractivity (Wildman–Crippen MR) is 93.3 cm³/mol. The highest BCUT2D eigenvalue weighted by Gasteiger charge is 2.47. The lowest BCUT2D eigenvalue weighted by atomic mass is 9.98. The summed E-state index contributed by atoms with van der Waals surface area (Å²) >= 11 is 0. The number of hydrogen-bond acceptors (Lipinski definition) is 9. The van der Waals surface area contributed by atoms with E-state index in [1.54, 1.807) is 0 Å². The smallest absolute Gasteiger partial charge is 0.254 e. The van der Waals surface area contributed by atoms with E-state index >= 15 is 0 Å². The standard InChI is InChI=1S/C18H24N2O8/c21-13-14(22)16(28-18(25)15(13)23)17(24)20-5-3-19(4-6-20)8-10-1-2-11-12(7-10)27-9-26-11/h1-2,7,13-16,18,21-23,25H,3-6,8-9H2/t13-,14-,15+,16-,18?/m0/s1. The van der Waals surface area contributed by atoms with Gasteiger partial charge in [-0.3, -0.25) is 9.69 Å². The largest absolute Gasteiger partial charge is 0.454 e. The second-order valence-electron chi connectivity index (χ2n) is 7.21. The fourth-order valence-electron chi connectivity index (χ4n) is 3.67. The lowest BCUT2D eigenvalue weighted by molar-refractivity contribution is -0.278. The third-order valence-electron chi connectivity index (χ3n) is 5.36. The Hall–Kier alpha value is -1.95. The Bertz CT molecular complexity index is 724. The zero-order chi connectivity index (χ0) is 19.8. The van der Waals surface area contributed by atoms with Gasteiger partial charge < -0.3 is 39.5 Å². The van der Waals surface area contributed by atoms with E-state index < -0.39 is 36.6 Å². The normalized spacial score (nSPS) is 33.1. The minimum absolute atomic E-state index is 0.231. The molecule has 10 nitrogen and oxygen atoms in total. The second kappa shape index (κ2) is 7.82. The highest BCUT2D eigenvalue weighted by Crippen LogP contribution is 2.33. The van der Waals surface area contributed by atoms with Gasteiger partial charge in [0.2, 0.25) is 6.79 Å². The van der Waals surface area contributed by atoms with Gasteiger partial charge in [0.25, 0.3) is 5.91 Å². The summed E-state index contributed by atoms with van der Waals surface area (Å²) < 4.78 is 15.7. The molecule has 3 heterocycles. The molecule has 0 saturated carbocycles. The Morgan fingerprint density at radius 3 is 2.43 bits per heavy atom. The fraction of sp³-hybridized carbons (Fsp3) is 0.611. The predicted octanol–water partition coefficient (Wildman–Crippen LogP) is -2.14. The van der Waals surface area contributed by atoms with E-state index in [2.05, 4.69) is 4.90 Å². The van der Waals surface area contributed by atoms with Crippen LogP contribution in [0.25, 0.3) is 0 Å². The molecule has 1 amide bonds. The Labute approximate surface area is 161 Å². The molecule has 3 aliphatic heterocycles. The minimum atomic E-state index is -1.72. The van der Waals surface area contributed by atoms with Crippen molar-refractivity contribution < 1.29 is 39.4 Å². The maximum Gasteiger partial charge on any atom is 0.254 e. The lowest BCUT2D eigenvalue weighted by Crippen LogP contribution is -2.63. The molecule has 10 heteroatoms. The number of fused-ring (bicyclic) bond motifs is 1. The van der Waals surface area contributed by atoms with E-state index in [4.69, 9.17) is 14.2 Å². The quantitative estimate of drug-likeness (QED) is 0.452. The van der Waals surface area contributed by atoms with Crippen molar-refractivity contribution in [3.8, 4) is 11.5 Å². The number of piperazine rings is 1. The van der Waals surface area contributed by atoms with Crippen molar-refractivity contribution in [2.45, 2.75) is 37.3 Å². The van der Waals surface area contributed by atoms with Crippen LogP contribution >= 0.6 is 0 Å². The molecular weight excluding hydrogens is 372 g/mol. The van der Waals surface area contributed by atoms with Crippen LogP contribution in [0.5, 0.6) is 11.5 Å². The van der Waals surface area contributed by atoms with Crippen molar-refractivity contribution >= 4 is 5.91 Å². The highest BCUT2D eigenvalue weighted by atomic mass is 16.7. The summed E-state index contributed by atoms with van der Waals surface area (Å²) in [5.41, 5.74) is 1.08. The molecule has 28 heavy (non-hydrogen) atoms. The summed E-state index contributed by atoms with van der Waals surface area (Å²) in [5.74, 6) is 0.953. The summed E-state index contributed by atoms with van der Waals surface area (Å²) in [6.45, 7) is 3.02. The van der Waals surface area contributed by atoms with Crippen molar-refractivity contribution in [2.75, 3.05) is 33.0 Å². The van der Waals surface area contributed by atoms with Gasteiger partial charge >= 0.3 is 0 Å². The molecule has 1 unspecified atom stereocenters. The van der Waals surface area contributed by atoms with E-state index in [1.807, 2.05) is 18.2 Å². The third kappa shape index (κ3) is 3.66. The van der Waals surface area contributed by atoms with E-state index in [0.29, 0.717) is 32.7 Å². The molecule has 2 fully saturated rings. The number of carbonyl (C=O) groups is 1. The summed E-state index contributed by atoms with van der Waals surface area (Å²) in [7, 11) is 0. The zero-order valence-corrected chi connectivity index (χ0v) is 15.2. The molecule has 1 aromatic carbocycles. The van der Waals surface area contributed by atoms with Crippen molar-refractivity contribution in [3.05, 3.63) is 23.8 Å². The monoisotopic (exact) mass is 396 g/mol. The van der Waals surface area contributed by atoms with Crippen LogP contribution in [0.3, 0.4) is 0 Å². The Balaban J connectivity index is 1.32. The van der Waals surface area contributed by atoms with Gasteiger partial charge in [-0.05, 0) is 17.7 Å². The molecule has 154 valence electrons. The van der Waals surface area contributed by atoms with Crippen LogP contribution < -0.4 is 9.47 Å². The van der Waals surface area contributed by atoms with Gasteiger partial charge in [-0.15, -0.1) is 0 Å². The van der Waals surface area contributed by atoms with Crippen LogP contribution in [0, 0.1) is 0 Å². The third-order valence-corrected chi connectivity index (χ3v) is 5.36. The summed E-state index contributed by atoms with van der Waals surface area (Å²) in [4.78, 5) is 16.4. The second-order valence-corrected chi connectivity index (χ2v) is 7.21. The zero-order valence-electron chi connectivity index (χ0n) is 15.2. The molecule has 4 rings (SSSR count). The number of amides is 1. The minimum Gasteiger partial charge on any atom is -0.454 e. The summed E-state index contributed by atoms with van der Waals surface area (Å²) in [5, 5.41) is 38.9. The number of benzene rings is 1. The Morgan fingerprint density at radius 1 is 0.964 bits per heavy atom. The molecule has 0 spiro atoms. The average Bonchev–Trinajstić information content (AvgIpc) is 3.17. The number of ether oxygens (including phenoxy) is 3. The van der Waals surface area contributed by atoms with Crippen LogP contribution in [0.15, 0.2) is 18.2 Å². The summed E-state index contributed by atoms with van der Waals surface area (Å²) in [6.07, 6.45) is -8.03. The van der Waals surface area contributed by atoms with Gasteiger partial charge in [0, 0.05) is 32.7 Å². The van der Waals surface area contributed by atoms with E-state index in [9.17, 15) is 25.2 Å². The van der Waals surface area contributed by atoms with Gasteiger partial charge in [0.1, 0.15) is 18.3 Å². The first-order chi connectivity index (χ1) is 13.4. The molecule has 0 radical (unpaired) electrons.